The van der Waals surface area contributed by atoms with Crippen molar-refractivity contribution in [3.05, 3.63) is 11.9 Å². The van der Waals surface area contributed by atoms with Crippen molar-refractivity contribution in [1.82, 2.24) is 19.0 Å². The maximum Gasteiger partial charge on any atom is 0.246 e. The molecule has 7 heteroatoms. The molecule has 1 saturated heterocycles. The van der Waals surface area contributed by atoms with Gasteiger partial charge in [-0.15, -0.1) is 0 Å². The Bertz CT molecular complexity index is 646. The van der Waals surface area contributed by atoms with E-state index in [0.717, 1.165) is 19.4 Å². The van der Waals surface area contributed by atoms with E-state index in [0.29, 0.717) is 23.7 Å². The van der Waals surface area contributed by atoms with Gasteiger partial charge in [-0.2, -0.15) is 9.40 Å². The third kappa shape index (κ3) is 2.49. The van der Waals surface area contributed by atoms with Crippen LogP contribution < -0.4 is 0 Å². The fraction of sp³-hybridized carbons (Fsp3) is 0.800. The van der Waals surface area contributed by atoms with Gasteiger partial charge in [-0.05, 0) is 26.8 Å². The molecule has 0 radical (unpaired) electrons. The SMILES string of the molecule is Cc1c(S(=O)(=O)N2CCN(C)C3(CCCCC3)C2)cnn1C. The summed E-state index contributed by atoms with van der Waals surface area (Å²) >= 11 is 0. The van der Waals surface area contributed by atoms with Gasteiger partial charge in [-0.3, -0.25) is 9.58 Å². The van der Waals surface area contributed by atoms with Crippen LogP contribution in [0.3, 0.4) is 0 Å². The molecule has 2 aliphatic rings. The molecule has 1 aliphatic carbocycles. The molecular formula is C15H26N4O2S. The van der Waals surface area contributed by atoms with E-state index < -0.39 is 10.0 Å². The zero-order valence-electron chi connectivity index (χ0n) is 13.7. The predicted octanol–water partition coefficient (Wildman–Crippen LogP) is 1.37. The van der Waals surface area contributed by atoms with E-state index in [1.807, 2.05) is 6.92 Å². The number of sulfonamides is 1. The average Bonchev–Trinajstić information content (AvgIpc) is 2.83. The Kier molecular flexibility index (Phi) is 4.07. The van der Waals surface area contributed by atoms with Gasteiger partial charge in [0.15, 0.2) is 0 Å². The zero-order valence-corrected chi connectivity index (χ0v) is 14.6. The van der Waals surface area contributed by atoms with Crippen LogP contribution in [0.2, 0.25) is 0 Å². The smallest absolute Gasteiger partial charge is 0.246 e. The first kappa shape index (κ1) is 16.0. The molecule has 0 unspecified atom stereocenters. The van der Waals surface area contributed by atoms with Gasteiger partial charge in [0.1, 0.15) is 4.90 Å². The molecule has 0 bridgehead atoms. The number of aromatic nitrogens is 2. The Balaban J connectivity index is 1.90. The summed E-state index contributed by atoms with van der Waals surface area (Å²) in [4.78, 5) is 2.74. The van der Waals surface area contributed by atoms with Crippen LogP contribution in [0.15, 0.2) is 11.1 Å². The van der Waals surface area contributed by atoms with Crippen LogP contribution >= 0.6 is 0 Å². The zero-order chi connectivity index (χ0) is 16.0. The minimum Gasteiger partial charge on any atom is -0.298 e. The van der Waals surface area contributed by atoms with Crippen LogP contribution in [-0.4, -0.2) is 59.6 Å². The van der Waals surface area contributed by atoms with E-state index in [2.05, 4.69) is 17.0 Å². The molecular weight excluding hydrogens is 300 g/mol. The largest absolute Gasteiger partial charge is 0.298 e. The molecule has 6 nitrogen and oxygen atoms in total. The van der Waals surface area contributed by atoms with E-state index in [4.69, 9.17) is 0 Å². The average molecular weight is 326 g/mol. The molecule has 0 N–H and O–H groups in total. The van der Waals surface area contributed by atoms with Gasteiger partial charge in [-0.1, -0.05) is 19.3 Å². The highest BCUT2D eigenvalue weighted by atomic mass is 32.2. The Morgan fingerprint density at radius 2 is 1.82 bits per heavy atom. The number of hydrogen-bond donors (Lipinski definition) is 0. The highest BCUT2D eigenvalue weighted by molar-refractivity contribution is 7.89. The summed E-state index contributed by atoms with van der Waals surface area (Å²) in [6.07, 6.45) is 7.35. The summed E-state index contributed by atoms with van der Waals surface area (Å²) in [5, 5.41) is 4.10. The van der Waals surface area contributed by atoms with Gasteiger partial charge in [0, 0.05) is 32.2 Å². The standard InChI is InChI=1S/C15H26N4O2S/c1-13-14(11-16-18(13)3)22(20,21)19-10-9-17(2)15(12-19)7-5-4-6-8-15/h11H,4-10,12H2,1-3H3. The van der Waals surface area contributed by atoms with Gasteiger partial charge in [0.05, 0.1) is 11.9 Å². The lowest BCUT2D eigenvalue weighted by atomic mass is 9.79. The fourth-order valence-corrected chi connectivity index (χ4v) is 5.55. The van der Waals surface area contributed by atoms with Gasteiger partial charge in [-0.25, -0.2) is 8.42 Å². The van der Waals surface area contributed by atoms with E-state index in [1.54, 1.807) is 16.0 Å². The minimum absolute atomic E-state index is 0.0275. The summed E-state index contributed by atoms with van der Waals surface area (Å²) in [6, 6.07) is 0. The molecule has 124 valence electrons. The molecule has 1 aliphatic heterocycles. The van der Waals surface area contributed by atoms with Crippen LogP contribution in [-0.2, 0) is 17.1 Å². The van der Waals surface area contributed by atoms with Crippen molar-refractivity contribution in [2.45, 2.75) is 49.5 Å². The summed E-state index contributed by atoms with van der Waals surface area (Å²) in [5.74, 6) is 0. The Morgan fingerprint density at radius 3 is 2.41 bits per heavy atom. The first-order valence-corrected chi connectivity index (χ1v) is 9.51. The summed E-state index contributed by atoms with van der Waals surface area (Å²) in [6.45, 7) is 3.79. The molecule has 1 aromatic heterocycles. The fourth-order valence-electron chi connectivity index (χ4n) is 3.85. The van der Waals surface area contributed by atoms with Crippen LogP contribution in [0.5, 0.6) is 0 Å². The number of hydrogen-bond acceptors (Lipinski definition) is 4. The van der Waals surface area contributed by atoms with Crippen molar-refractivity contribution >= 4 is 10.0 Å². The summed E-state index contributed by atoms with van der Waals surface area (Å²) in [7, 11) is 0.475. The number of likely N-dealkylation sites (N-methyl/N-ethyl adjacent to an activating group) is 1. The lowest BCUT2D eigenvalue weighted by Gasteiger charge is -2.50. The summed E-state index contributed by atoms with van der Waals surface area (Å²) in [5.41, 5.74) is 0.733. The maximum atomic E-state index is 13.0. The first-order valence-electron chi connectivity index (χ1n) is 8.07. The van der Waals surface area contributed by atoms with Crippen molar-refractivity contribution in [3.63, 3.8) is 0 Å². The molecule has 2 fully saturated rings. The third-order valence-corrected chi connectivity index (χ3v) is 7.51. The molecule has 22 heavy (non-hydrogen) atoms. The van der Waals surface area contributed by atoms with Gasteiger partial charge in [0.25, 0.3) is 0 Å². The predicted molar refractivity (Wildman–Crippen MR) is 85.1 cm³/mol. The third-order valence-electron chi connectivity index (χ3n) is 5.56. The lowest BCUT2D eigenvalue weighted by molar-refractivity contribution is 0.0199. The molecule has 1 aromatic rings. The van der Waals surface area contributed by atoms with Gasteiger partial charge < -0.3 is 0 Å². The number of piperazine rings is 1. The first-order chi connectivity index (χ1) is 10.4. The molecule has 0 aromatic carbocycles. The lowest BCUT2D eigenvalue weighted by Crippen LogP contribution is -2.62. The second-order valence-corrected chi connectivity index (χ2v) is 8.67. The highest BCUT2D eigenvalue weighted by Crippen LogP contribution is 2.37. The Hall–Kier alpha value is -0.920. The molecule has 2 heterocycles. The van der Waals surface area contributed by atoms with Crippen LogP contribution in [0.1, 0.15) is 37.8 Å². The van der Waals surface area contributed by atoms with E-state index in [9.17, 15) is 8.42 Å². The van der Waals surface area contributed by atoms with Crippen LogP contribution in [0.25, 0.3) is 0 Å². The van der Waals surface area contributed by atoms with Gasteiger partial charge >= 0.3 is 0 Å². The van der Waals surface area contributed by atoms with Crippen LogP contribution in [0, 0.1) is 6.92 Å². The van der Waals surface area contributed by atoms with Gasteiger partial charge in [0.2, 0.25) is 10.0 Å². The van der Waals surface area contributed by atoms with E-state index >= 15 is 0 Å². The van der Waals surface area contributed by atoms with Crippen LogP contribution in [0.4, 0.5) is 0 Å². The number of rotatable bonds is 2. The molecule has 3 rings (SSSR count). The monoisotopic (exact) mass is 326 g/mol. The summed E-state index contributed by atoms with van der Waals surface area (Å²) < 4.78 is 29.3. The molecule has 0 amide bonds. The molecule has 1 saturated carbocycles. The second kappa shape index (κ2) is 5.62. The molecule has 0 atom stereocenters. The van der Waals surface area contributed by atoms with Crippen molar-refractivity contribution in [2.75, 3.05) is 26.7 Å². The molecule has 1 spiro atoms. The number of nitrogens with zero attached hydrogens (tertiary/aromatic N) is 4. The van der Waals surface area contributed by atoms with Crippen molar-refractivity contribution in [2.24, 2.45) is 7.05 Å². The second-order valence-electron chi connectivity index (χ2n) is 6.76. The maximum absolute atomic E-state index is 13.0. The highest BCUT2D eigenvalue weighted by Gasteiger charge is 2.44. The van der Waals surface area contributed by atoms with E-state index in [1.165, 1.54) is 25.5 Å². The quantitative estimate of drug-likeness (QED) is 0.823. The Labute approximate surface area is 133 Å². The van der Waals surface area contributed by atoms with Crippen molar-refractivity contribution < 1.29 is 8.42 Å². The number of aryl methyl sites for hydroxylation is 1. The van der Waals surface area contributed by atoms with Crippen molar-refractivity contribution in [1.29, 1.82) is 0 Å². The normalized spacial score (nSPS) is 24.0. The Morgan fingerprint density at radius 1 is 1.14 bits per heavy atom. The van der Waals surface area contributed by atoms with E-state index in [-0.39, 0.29) is 5.54 Å². The van der Waals surface area contributed by atoms with Crippen molar-refractivity contribution in [3.8, 4) is 0 Å². The minimum atomic E-state index is -3.45. The topological polar surface area (TPSA) is 58.4 Å².